The molecule has 0 spiro atoms. The third-order valence-electron chi connectivity index (χ3n) is 10.6. The van der Waals surface area contributed by atoms with E-state index >= 15 is 0 Å². The van der Waals surface area contributed by atoms with Crippen LogP contribution in [0.4, 0.5) is 0 Å². The van der Waals surface area contributed by atoms with Crippen molar-refractivity contribution in [3.8, 4) is 0 Å². The summed E-state index contributed by atoms with van der Waals surface area (Å²) >= 11 is 0. The normalized spacial score (nSPS) is 20.6. The first kappa shape index (κ1) is 53.4. The summed E-state index contributed by atoms with van der Waals surface area (Å²) < 4.78 is 54.0. The molecule has 0 aliphatic carbocycles. The third-order valence-corrected chi connectivity index (χ3v) is 11.3. The predicted octanol–water partition coefficient (Wildman–Crippen LogP) is 9.06. The average Bonchev–Trinajstić information content (AvgIpc) is 3.17. The van der Waals surface area contributed by atoms with Crippen LogP contribution in [-0.2, 0) is 38.7 Å². The Bertz CT molecular complexity index is 1120. The van der Waals surface area contributed by atoms with Crippen molar-refractivity contribution in [2.24, 2.45) is 0 Å². The molecule has 1 rings (SSSR count). The summed E-state index contributed by atoms with van der Waals surface area (Å²) in [6.07, 6.45) is 27.0. The Labute approximate surface area is 346 Å². The Morgan fingerprint density at radius 1 is 0.579 bits per heavy atom. The highest BCUT2D eigenvalue weighted by molar-refractivity contribution is 7.85. The van der Waals surface area contributed by atoms with Crippen molar-refractivity contribution >= 4 is 22.1 Å². The smallest absolute Gasteiger partial charge is 0.306 e. The van der Waals surface area contributed by atoms with E-state index < -0.39 is 71.2 Å². The minimum absolute atomic E-state index is 0.157. The van der Waals surface area contributed by atoms with Crippen molar-refractivity contribution in [1.29, 1.82) is 0 Å². The SMILES string of the molecule is CCCC/C=C/CCCCCCCC(=O)O[C@H](COC(=O)CCCCCCCCCCCCCCCCCCCC)CO[C@H]1O[C@H](CS(=O)(=O)O)[C@@H](O)C(O)C1O. The van der Waals surface area contributed by atoms with Crippen LogP contribution in [-0.4, -0.2) is 96.0 Å². The van der Waals surface area contributed by atoms with Gasteiger partial charge < -0.3 is 34.3 Å². The summed E-state index contributed by atoms with van der Waals surface area (Å²) in [5.41, 5.74) is 0. The van der Waals surface area contributed by atoms with Crippen LogP contribution in [0, 0.1) is 0 Å². The van der Waals surface area contributed by atoms with Crippen molar-refractivity contribution in [1.82, 2.24) is 0 Å². The molecule has 336 valence electrons. The van der Waals surface area contributed by atoms with Gasteiger partial charge in [0.05, 0.1) is 6.61 Å². The molecular formula is C44H82O12S. The van der Waals surface area contributed by atoms with Gasteiger partial charge in [-0.1, -0.05) is 167 Å². The number of ether oxygens (including phenoxy) is 4. The van der Waals surface area contributed by atoms with Gasteiger partial charge >= 0.3 is 11.9 Å². The fourth-order valence-electron chi connectivity index (χ4n) is 7.01. The average molecular weight is 835 g/mol. The molecule has 0 bridgehead atoms. The number of carbonyl (C=O) groups is 2. The molecule has 1 aliphatic rings. The molecule has 0 aromatic heterocycles. The molecule has 1 fully saturated rings. The second-order valence-electron chi connectivity index (χ2n) is 16.1. The van der Waals surface area contributed by atoms with Crippen LogP contribution in [0.15, 0.2) is 12.2 Å². The van der Waals surface area contributed by atoms with Crippen LogP contribution < -0.4 is 0 Å². The Morgan fingerprint density at radius 2 is 1.02 bits per heavy atom. The van der Waals surface area contributed by atoms with Gasteiger partial charge in [-0.25, -0.2) is 0 Å². The van der Waals surface area contributed by atoms with E-state index in [1.807, 2.05) is 0 Å². The molecule has 12 nitrogen and oxygen atoms in total. The zero-order valence-electron chi connectivity index (χ0n) is 35.7. The summed E-state index contributed by atoms with van der Waals surface area (Å²) in [5, 5.41) is 30.8. The molecule has 0 aromatic carbocycles. The molecule has 0 amide bonds. The van der Waals surface area contributed by atoms with Gasteiger partial charge in [0.1, 0.15) is 36.8 Å². The van der Waals surface area contributed by atoms with Crippen LogP contribution in [0.25, 0.3) is 0 Å². The maximum Gasteiger partial charge on any atom is 0.306 e. The molecule has 0 aromatic rings. The molecule has 1 heterocycles. The lowest BCUT2D eigenvalue weighted by Crippen LogP contribution is -2.60. The minimum Gasteiger partial charge on any atom is -0.462 e. The molecule has 1 aliphatic heterocycles. The number of aliphatic hydroxyl groups excluding tert-OH is 3. The fourth-order valence-corrected chi connectivity index (χ4v) is 7.70. The van der Waals surface area contributed by atoms with Crippen molar-refractivity contribution < 1.29 is 56.8 Å². The number of esters is 2. The zero-order chi connectivity index (χ0) is 42.0. The van der Waals surface area contributed by atoms with Gasteiger partial charge in [-0.3, -0.25) is 14.1 Å². The van der Waals surface area contributed by atoms with Crippen LogP contribution >= 0.6 is 0 Å². The van der Waals surface area contributed by atoms with E-state index in [9.17, 15) is 37.9 Å². The van der Waals surface area contributed by atoms with E-state index in [2.05, 4.69) is 26.0 Å². The molecule has 6 atom stereocenters. The lowest BCUT2D eigenvalue weighted by molar-refractivity contribution is -0.297. The summed E-state index contributed by atoms with van der Waals surface area (Å²) in [4.78, 5) is 25.3. The molecule has 2 unspecified atom stereocenters. The van der Waals surface area contributed by atoms with E-state index in [0.717, 1.165) is 57.8 Å². The lowest BCUT2D eigenvalue weighted by atomic mass is 10.00. The maximum absolute atomic E-state index is 12.8. The third kappa shape index (κ3) is 30.1. The molecule has 0 radical (unpaired) electrons. The van der Waals surface area contributed by atoms with Gasteiger partial charge in [-0.2, -0.15) is 8.42 Å². The van der Waals surface area contributed by atoms with Crippen LogP contribution in [0.1, 0.15) is 200 Å². The van der Waals surface area contributed by atoms with Gasteiger partial charge in [0, 0.05) is 12.8 Å². The van der Waals surface area contributed by atoms with E-state index in [-0.39, 0.29) is 19.4 Å². The summed E-state index contributed by atoms with van der Waals surface area (Å²) in [5.74, 6) is -1.98. The highest BCUT2D eigenvalue weighted by Crippen LogP contribution is 2.24. The standard InChI is InChI=1S/C44H82O12S/c1-3-5-7-9-11-13-15-16-17-18-19-20-21-23-24-26-28-30-32-39(45)53-34-37(55-40(46)33-31-29-27-25-22-14-12-10-8-6-4-2)35-54-44-43(49)42(48)41(47)38(56-44)36-57(50,51)52/h10,12,37-38,41-44,47-49H,3-9,11,13-36H2,1-2H3,(H,50,51,52)/b12-10+/t37-,38-,41-,42?,43?,44+/m1/s1. The fraction of sp³-hybridized carbons (Fsp3) is 0.909. The first-order valence-electron chi connectivity index (χ1n) is 22.7. The van der Waals surface area contributed by atoms with Gasteiger partial charge in [0.25, 0.3) is 10.1 Å². The summed E-state index contributed by atoms with van der Waals surface area (Å²) in [6.45, 7) is 3.72. The first-order valence-corrected chi connectivity index (χ1v) is 24.4. The number of hydrogen-bond acceptors (Lipinski definition) is 11. The number of carbonyl (C=O) groups excluding carboxylic acids is 2. The summed E-state index contributed by atoms with van der Waals surface area (Å²) in [7, 11) is -4.60. The largest absolute Gasteiger partial charge is 0.462 e. The van der Waals surface area contributed by atoms with Gasteiger partial charge in [0.15, 0.2) is 12.4 Å². The molecule has 4 N–H and O–H groups in total. The Kier molecular flexibility index (Phi) is 33.0. The molecule has 1 saturated heterocycles. The first-order chi connectivity index (χ1) is 27.5. The molecule has 13 heteroatoms. The van der Waals surface area contributed by atoms with Crippen molar-refractivity contribution in [3.63, 3.8) is 0 Å². The number of rotatable bonds is 38. The van der Waals surface area contributed by atoms with Crippen LogP contribution in [0.3, 0.4) is 0 Å². The topological polar surface area (TPSA) is 186 Å². The number of aliphatic hydroxyl groups is 3. The maximum atomic E-state index is 12.8. The minimum atomic E-state index is -4.60. The van der Waals surface area contributed by atoms with Gasteiger partial charge in [0.2, 0.25) is 0 Å². The lowest BCUT2D eigenvalue weighted by Gasteiger charge is -2.40. The zero-order valence-corrected chi connectivity index (χ0v) is 36.5. The monoisotopic (exact) mass is 835 g/mol. The number of unbranched alkanes of at least 4 members (excludes halogenated alkanes) is 24. The van der Waals surface area contributed by atoms with E-state index in [0.29, 0.717) is 12.8 Å². The van der Waals surface area contributed by atoms with E-state index in [1.54, 1.807) is 0 Å². The second-order valence-corrected chi connectivity index (χ2v) is 17.6. The Morgan fingerprint density at radius 3 is 1.51 bits per heavy atom. The van der Waals surface area contributed by atoms with Crippen molar-refractivity contribution in [3.05, 3.63) is 12.2 Å². The van der Waals surface area contributed by atoms with Crippen LogP contribution in [0.2, 0.25) is 0 Å². The molecule has 57 heavy (non-hydrogen) atoms. The van der Waals surface area contributed by atoms with Gasteiger partial charge in [-0.05, 0) is 32.1 Å². The van der Waals surface area contributed by atoms with Crippen LogP contribution in [0.5, 0.6) is 0 Å². The second kappa shape index (κ2) is 35.2. The Balaban J connectivity index is 2.40. The highest BCUT2D eigenvalue weighted by atomic mass is 32.2. The quantitative estimate of drug-likeness (QED) is 0.0200. The van der Waals surface area contributed by atoms with Crippen molar-refractivity contribution in [2.75, 3.05) is 19.0 Å². The predicted molar refractivity (Wildman–Crippen MR) is 224 cm³/mol. The van der Waals surface area contributed by atoms with E-state index in [1.165, 1.54) is 103 Å². The summed E-state index contributed by atoms with van der Waals surface area (Å²) in [6, 6.07) is 0. The van der Waals surface area contributed by atoms with Gasteiger partial charge in [-0.15, -0.1) is 0 Å². The number of allylic oxidation sites excluding steroid dienone is 2. The molecular weight excluding hydrogens is 753 g/mol. The number of hydrogen-bond donors (Lipinski definition) is 4. The highest BCUT2D eigenvalue weighted by Gasteiger charge is 2.46. The Hall–Kier alpha value is -1.61. The van der Waals surface area contributed by atoms with E-state index in [4.69, 9.17) is 18.9 Å². The molecule has 0 saturated carbocycles. The van der Waals surface area contributed by atoms with Crippen molar-refractivity contribution in [2.45, 2.75) is 237 Å².